The van der Waals surface area contributed by atoms with E-state index in [2.05, 4.69) is 6.92 Å². The minimum atomic E-state index is -0.472. The van der Waals surface area contributed by atoms with Crippen LogP contribution in [0.1, 0.15) is 58.6 Å². The summed E-state index contributed by atoms with van der Waals surface area (Å²) in [5.41, 5.74) is 3.49. The average molecular weight is 391 g/mol. The number of hydrogen-bond acceptors (Lipinski definition) is 4. The van der Waals surface area contributed by atoms with E-state index in [1.807, 2.05) is 50.2 Å². The van der Waals surface area contributed by atoms with Crippen LogP contribution < -0.4 is 10.2 Å². The van der Waals surface area contributed by atoms with E-state index in [0.717, 1.165) is 29.5 Å². The lowest BCUT2D eigenvalue weighted by Crippen LogP contribution is -2.30. The Bertz CT molecular complexity index is 1160. The molecule has 5 heteroatoms. The summed E-state index contributed by atoms with van der Waals surface area (Å²) in [7, 11) is 1.61. The Hall–Kier alpha value is -3.08. The Labute approximate surface area is 169 Å². The molecule has 5 nitrogen and oxygen atoms in total. The molecule has 0 radical (unpaired) electrons. The molecule has 29 heavy (non-hydrogen) atoms. The highest BCUT2D eigenvalue weighted by molar-refractivity contribution is 5.99. The maximum absolute atomic E-state index is 13.6. The smallest absolute Gasteiger partial charge is 0.290 e. The van der Waals surface area contributed by atoms with Gasteiger partial charge in [-0.1, -0.05) is 31.5 Å². The van der Waals surface area contributed by atoms with E-state index < -0.39 is 6.04 Å². The molecule has 1 atom stereocenters. The van der Waals surface area contributed by atoms with Gasteiger partial charge in [0.1, 0.15) is 11.3 Å². The maximum atomic E-state index is 13.6. The zero-order valence-corrected chi connectivity index (χ0v) is 17.2. The van der Waals surface area contributed by atoms with Gasteiger partial charge in [0.05, 0.1) is 24.1 Å². The van der Waals surface area contributed by atoms with Crippen molar-refractivity contribution in [3.63, 3.8) is 0 Å². The van der Waals surface area contributed by atoms with Gasteiger partial charge in [0.2, 0.25) is 5.76 Å². The van der Waals surface area contributed by atoms with Crippen molar-refractivity contribution in [2.45, 2.75) is 39.7 Å². The average Bonchev–Trinajstić information content (AvgIpc) is 2.98. The number of rotatable bonds is 5. The van der Waals surface area contributed by atoms with Crippen LogP contribution in [0.25, 0.3) is 11.0 Å². The van der Waals surface area contributed by atoms with Crippen LogP contribution in [0.15, 0.2) is 45.6 Å². The van der Waals surface area contributed by atoms with Gasteiger partial charge >= 0.3 is 0 Å². The predicted octanol–water partition coefficient (Wildman–Crippen LogP) is 4.76. The van der Waals surface area contributed by atoms with Crippen molar-refractivity contribution in [1.29, 1.82) is 0 Å². The zero-order chi connectivity index (χ0) is 20.7. The summed E-state index contributed by atoms with van der Waals surface area (Å²) >= 11 is 0. The van der Waals surface area contributed by atoms with Gasteiger partial charge in [0, 0.05) is 6.54 Å². The first-order chi connectivity index (χ1) is 14.0. The molecule has 0 saturated carbocycles. The second kappa shape index (κ2) is 7.39. The molecule has 0 fully saturated rings. The molecule has 4 rings (SSSR count). The highest BCUT2D eigenvalue weighted by Gasteiger charge is 2.42. The van der Waals surface area contributed by atoms with Crippen LogP contribution in [0, 0.1) is 13.8 Å². The van der Waals surface area contributed by atoms with Crippen molar-refractivity contribution in [1.82, 2.24) is 4.90 Å². The summed E-state index contributed by atoms with van der Waals surface area (Å²) in [5, 5.41) is 0.549. The molecule has 0 aliphatic carbocycles. The second-order valence-electron chi connectivity index (χ2n) is 7.66. The number of benzene rings is 2. The monoisotopic (exact) mass is 391 g/mol. The molecule has 0 spiro atoms. The lowest BCUT2D eigenvalue weighted by Gasteiger charge is -2.25. The fraction of sp³-hybridized carbons (Fsp3) is 0.333. The number of aryl methyl sites for hydroxylation is 2. The van der Waals surface area contributed by atoms with Gasteiger partial charge in [-0.15, -0.1) is 0 Å². The van der Waals surface area contributed by atoms with Crippen molar-refractivity contribution in [2.24, 2.45) is 0 Å². The maximum Gasteiger partial charge on any atom is 0.290 e. The standard InChI is InChI=1S/C24H25NO4/c1-5-6-10-25-21(16-8-7-9-17(13-16)28-4)20-22(26)19-15(3)11-14(2)12-18(19)29-23(20)24(25)27/h7-9,11-13,21H,5-6,10H2,1-4H3. The lowest BCUT2D eigenvalue weighted by molar-refractivity contribution is 0.0725. The van der Waals surface area contributed by atoms with Crippen molar-refractivity contribution < 1.29 is 13.9 Å². The lowest BCUT2D eigenvalue weighted by atomic mass is 9.96. The molecular formula is C24H25NO4. The molecule has 0 bridgehead atoms. The minimum Gasteiger partial charge on any atom is -0.497 e. The normalized spacial score (nSPS) is 15.8. The van der Waals surface area contributed by atoms with Crippen LogP contribution in [0.3, 0.4) is 0 Å². The molecule has 0 N–H and O–H groups in total. The first-order valence-electron chi connectivity index (χ1n) is 9.99. The molecule has 0 saturated heterocycles. The van der Waals surface area contributed by atoms with Gasteiger partial charge < -0.3 is 14.1 Å². The molecule has 1 aromatic heterocycles. The molecule has 150 valence electrons. The van der Waals surface area contributed by atoms with Crippen LogP contribution in [-0.2, 0) is 0 Å². The number of ether oxygens (including phenoxy) is 1. The number of nitrogens with zero attached hydrogens (tertiary/aromatic N) is 1. The molecular weight excluding hydrogens is 366 g/mol. The van der Waals surface area contributed by atoms with Gasteiger partial charge in [-0.2, -0.15) is 0 Å². The van der Waals surface area contributed by atoms with Gasteiger partial charge in [-0.3, -0.25) is 9.59 Å². The van der Waals surface area contributed by atoms with E-state index in [9.17, 15) is 9.59 Å². The van der Waals surface area contributed by atoms with E-state index in [1.165, 1.54) is 0 Å². The Kier molecular flexibility index (Phi) is 4.91. The van der Waals surface area contributed by atoms with E-state index in [1.54, 1.807) is 12.0 Å². The first-order valence-corrected chi connectivity index (χ1v) is 9.99. The molecule has 1 unspecified atom stereocenters. The molecule has 1 aliphatic rings. The quantitative estimate of drug-likeness (QED) is 0.629. The third-order valence-electron chi connectivity index (χ3n) is 5.57. The minimum absolute atomic E-state index is 0.126. The summed E-state index contributed by atoms with van der Waals surface area (Å²) < 4.78 is 11.4. The van der Waals surface area contributed by atoms with Gasteiger partial charge in [-0.05, 0) is 55.2 Å². The number of fused-ring (bicyclic) bond motifs is 2. The molecule has 3 aromatic rings. The third kappa shape index (κ3) is 3.11. The second-order valence-corrected chi connectivity index (χ2v) is 7.66. The highest BCUT2D eigenvalue weighted by Crippen LogP contribution is 2.39. The summed E-state index contributed by atoms with van der Waals surface area (Å²) in [6, 6.07) is 10.9. The van der Waals surface area contributed by atoms with E-state index in [-0.39, 0.29) is 17.1 Å². The summed E-state index contributed by atoms with van der Waals surface area (Å²) in [5.74, 6) is 0.631. The Morgan fingerprint density at radius 3 is 2.66 bits per heavy atom. The SMILES string of the molecule is CCCCN1C(=O)c2oc3cc(C)cc(C)c3c(=O)c2C1c1cccc(OC)c1. The fourth-order valence-corrected chi connectivity index (χ4v) is 4.23. The molecule has 2 aromatic carbocycles. The Morgan fingerprint density at radius 1 is 1.14 bits per heavy atom. The van der Waals surface area contributed by atoms with Crippen molar-refractivity contribution >= 4 is 16.9 Å². The predicted molar refractivity (Wildman–Crippen MR) is 113 cm³/mol. The van der Waals surface area contributed by atoms with E-state index >= 15 is 0 Å². The number of amides is 1. The van der Waals surface area contributed by atoms with Crippen LogP contribution in [0.4, 0.5) is 0 Å². The zero-order valence-electron chi connectivity index (χ0n) is 17.2. The molecule has 1 aliphatic heterocycles. The van der Waals surface area contributed by atoms with Crippen molar-refractivity contribution in [3.05, 3.63) is 74.6 Å². The number of unbranched alkanes of at least 4 members (excludes halogenated alkanes) is 1. The first kappa shape index (κ1) is 19.2. The highest BCUT2D eigenvalue weighted by atomic mass is 16.5. The van der Waals surface area contributed by atoms with Crippen molar-refractivity contribution in [3.8, 4) is 5.75 Å². The van der Waals surface area contributed by atoms with Crippen LogP contribution in [0.2, 0.25) is 0 Å². The number of carbonyl (C=O) groups excluding carboxylic acids is 1. The van der Waals surface area contributed by atoms with E-state index in [4.69, 9.17) is 9.15 Å². The van der Waals surface area contributed by atoms with Gasteiger partial charge in [-0.25, -0.2) is 0 Å². The van der Waals surface area contributed by atoms with Gasteiger partial charge in [0.25, 0.3) is 5.91 Å². The summed E-state index contributed by atoms with van der Waals surface area (Å²) in [6.45, 7) is 6.51. The van der Waals surface area contributed by atoms with Crippen LogP contribution in [-0.4, -0.2) is 24.5 Å². The van der Waals surface area contributed by atoms with E-state index in [0.29, 0.717) is 28.8 Å². The molecule has 1 amide bonds. The van der Waals surface area contributed by atoms with Crippen LogP contribution >= 0.6 is 0 Å². The van der Waals surface area contributed by atoms with Crippen molar-refractivity contribution in [2.75, 3.05) is 13.7 Å². The largest absolute Gasteiger partial charge is 0.497 e. The number of methoxy groups -OCH3 is 1. The topological polar surface area (TPSA) is 59.8 Å². The van der Waals surface area contributed by atoms with Crippen LogP contribution in [0.5, 0.6) is 5.75 Å². The fourth-order valence-electron chi connectivity index (χ4n) is 4.23. The Morgan fingerprint density at radius 2 is 1.93 bits per heavy atom. The van der Waals surface area contributed by atoms with Gasteiger partial charge in [0.15, 0.2) is 5.43 Å². The number of hydrogen-bond donors (Lipinski definition) is 0. The molecule has 2 heterocycles. The summed E-state index contributed by atoms with van der Waals surface area (Å²) in [6.07, 6.45) is 1.80. The Balaban J connectivity index is 2.00. The number of carbonyl (C=O) groups is 1. The third-order valence-corrected chi connectivity index (χ3v) is 5.57. The summed E-state index contributed by atoms with van der Waals surface area (Å²) in [4.78, 5) is 28.6.